The summed E-state index contributed by atoms with van der Waals surface area (Å²) in [5.74, 6) is 3.51. The molecule has 20 heavy (non-hydrogen) atoms. The van der Waals surface area contributed by atoms with Crippen LogP contribution in [-0.2, 0) is 11.3 Å². The number of unbranched alkanes of at least 4 members (excludes halogenated alkanes) is 1. The highest BCUT2D eigenvalue weighted by Crippen LogP contribution is 2.40. The van der Waals surface area contributed by atoms with Crippen LogP contribution in [0.2, 0.25) is 0 Å². The third-order valence-corrected chi connectivity index (χ3v) is 7.09. The third-order valence-electron chi connectivity index (χ3n) is 3.71. The number of ether oxygens (including phenoxy) is 1. The van der Waals surface area contributed by atoms with E-state index in [1.54, 1.807) is 0 Å². The van der Waals surface area contributed by atoms with Gasteiger partial charge in [-0.25, -0.2) is 0 Å². The van der Waals surface area contributed by atoms with Crippen LogP contribution in [0.1, 0.15) is 38.2 Å². The first-order chi connectivity index (χ1) is 9.90. The SMILES string of the molecule is CCCC[C@@H](CCOCc1ccccc1)C1SCCS1. The zero-order valence-corrected chi connectivity index (χ0v) is 14.1. The highest BCUT2D eigenvalue weighted by molar-refractivity contribution is 8.20. The molecule has 0 radical (unpaired) electrons. The van der Waals surface area contributed by atoms with Crippen molar-refractivity contribution in [3.8, 4) is 0 Å². The largest absolute Gasteiger partial charge is 0.377 e. The molecule has 0 bridgehead atoms. The molecule has 0 aliphatic carbocycles. The fourth-order valence-corrected chi connectivity index (χ4v) is 5.82. The first kappa shape index (κ1) is 16.3. The van der Waals surface area contributed by atoms with Gasteiger partial charge in [-0.15, -0.1) is 23.5 Å². The summed E-state index contributed by atoms with van der Waals surface area (Å²) in [4.78, 5) is 0. The van der Waals surface area contributed by atoms with Gasteiger partial charge in [0.2, 0.25) is 0 Å². The van der Waals surface area contributed by atoms with Crippen LogP contribution in [0.3, 0.4) is 0 Å². The molecule has 1 nitrogen and oxygen atoms in total. The Balaban J connectivity index is 1.68. The summed E-state index contributed by atoms with van der Waals surface area (Å²) in [6, 6.07) is 10.5. The molecule has 1 aromatic rings. The summed E-state index contributed by atoms with van der Waals surface area (Å²) in [7, 11) is 0. The van der Waals surface area contributed by atoms with Crippen LogP contribution in [0.15, 0.2) is 30.3 Å². The summed E-state index contributed by atoms with van der Waals surface area (Å²) < 4.78 is 6.69. The van der Waals surface area contributed by atoms with E-state index in [0.717, 1.165) is 23.7 Å². The van der Waals surface area contributed by atoms with E-state index in [-0.39, 0.29) is 0 Å². The molecular formula is C17H26OS2. The molecule has 0 N–H and O–H groups in total. The van der Waals surface area contributed by atoms with Crippen LogP contribution in [0.25, 0.3) is 0 Å². The summed E-state index contributed by atoms with van der Waals surface area (Å²) in [5.41, 5.74) is 1.28. The summed E-state index contributed by atoms with van der Waals surface area (Å²) >= 11 is 4.33. The topological polar surface area (TPSA) is 9.23 Å². The minimum Gasteiger partial charge on any atom is -0.377 e. The first-order valence-electron chi connectivity index (χ1n) is 7.75. The lowest BCUT2D eigenvalue weighted by Crippen LogP contribution is -2.15. The van der Waals surface area contributed by atoms with Crippen molar-refractivity contribution in [3.05, 3.63) is 35.9 Å². The van der Waals surface area contributed by atoms with Gasteiger partial charge >= 0.3 is 0 Å². The number of hydrogen-bond donors (Lipinski definition) is 0. The van der Waals surface area contributed by atoms with Crippen molar-refractivity contribution in [2.45, 2.75) is 43.8 Å². The van der Waals surface area contributed by atoms with Crippen molar-refractivity contribution in [2.24, 2.45) is 5.92 Å². The van der Waals surface area contributed by atoms with Gasteiger partial charge in [-0.3, -0.25) is 0 Å². The van der Waals surface area contributed by atoms with Crippen LogP contribution < -0.4 is 0 Å². The van der Waals surface area contributed by atoms with Gasteiger partial charge in [0.05, 0.1) is 11.2 Å². The van der Waals surface area contributed by atoms with E-state index in [9.17, 15) is 0 Å². The van der Waals surface area contributed by atoms with E-state index >= 15 is 0 Å². The smallest absolute Gasteiger partial charge is 0.0716 e. The molecule has 2 rings (SSSR count). The molecule has 112 valence electrons. The second-order valence-electron chi connectivity index (χ2n) is 5.34. The van der Waals surface area contributed by atoms with E-state index in [1.165, 1.54) is 42.8 Å². The number of rotatable bonds is 9. The van der Waals surface area contributed by atoms with Gasteiger partial charge in [-0.1, -0.05) is 50.1 Å². The van der Waals surface area contributed by atoms with E-state index in [0.29, 0.717) is 0 Å². The molecule has 0 aromatic heterocycles. The zero-order chi connectivity index (χ0) is 14.0. The standard InChI is InChI=1S/C17H26OS2/c1-2-3-9-16(17-19-12-13-20-17)10-11-18-14-15-7-5-4-6-8-15/h4-8,16-17H,2-3,9-14H2,1H3/t16-/m0/s1. The summed E-state index contributed by atoms with van der Waals surface area (Å²) in [6.45, 7) is 3.95. The predicted molar refractivity (Wildman–Crippen MR) is 92.4 cm³/mol. The Labute approximate surface area is 132 Å². The maximum atomic E-state index is 5.87. The lowest BCUT2D eigenvalue weighted by atomic mass is 10.0. The summed E-state index contributed by atoms with van der Waals surface area (Å²) in [6.07, 6.45) is 5.26. The van der Waals surface area contributed by atoms with E-state index < -0.39 is 0 Å². The van der Waals surface area contributed by atoms with Gasteiger partial charge in [0.1, 0.15) is 0 Å². The van der Waals surface area contributed by atoms with Crippen LogP contribution in [-0.4, -0.2) is 22.7 Å². The van der Waals surface area contributed by atoms with Gasteiger partial charge in [-0.2, -0.15) is 0 Å². The quantitative estimate of drug-likeness (QED) is 0.580. The lowest BCUT2D eigenvalue weighted by molar-refractivity contribution is 0.107. The normalized spacial score (nSPS) is 17.4. The van der Waals surface area contributed by atoms with Gasteiger partial charge < -0.3 is 4.74 Å². The monoisotopic (exact) mass is 310 g/mol. The van der Waals surface area contributed by atoms with Gasteiger partial charge in [-0.05, 0) is 24.3 Å². The molecule has 1 saturated heterocycles. The zero-order valence-electron chi connectivity index (χ0n) is 12.4. The Morgan fingerprint density at radius 2 is 1.90 bits per heavy atom. The molecule has 1 atom stereocenters. The van der Waals surface area contributed by atoms with Gasteiger partial charge in [0.25, 0.3) is 0 Å². The van der Waals surface area contributed by atoms with Gasteiger partial charge in [0, 0.05) is 18.1 Å². The average molecular weight is 311 g/mol. The van der Waals surface area contributed by atoms with E-state index in [1.807, 2.05) is 0 Å². The molecule has 0 spiro atoms. The minimum absolute atomic E-state index is 0.756. The molecule has 1 heterocycles. The molecule has 1 aliphatic heterocycles. The molecule has 0 unspecified atom stereocenters. The van der Waals surface area contributed by atoms with Gasteiger partial charge in [0.15, 0.2) is 0 Å². The third kappa shape index (κ3) is 5.71. The van der Waals surface area contributed by atoms with Crippen molar-refractivity contribution >= 4 is 23.5 Å². The predicted octanol–water partition coefficient (Wildman–Crippen LogP) is 5.21. The van der Waals surface area contributed by atoms with E-state index in [2.05, 4.69) is 60.8 Å². The molecule has 0 amide bonds. The Morgan fingerprint density at radius 1 is 1.15 bits per heavy atom. The summed E-state index contributed by atoms with van der Waals surface area (Å²) in [5, 5.41) is 0. The van der Waals surface area contributed by atoms with Crippen molar-refractivity contribution in [3.63, 3.8) is 0 Å². The molecule has 1 fully saturated rings. The minimum atomic E-state index is 0.756. The Morgan fingerprint density at radius 3 is 2.60 bits per heavy atom. The fourth-order valence-electron chi connectivity index (χ4n) is 2.53. The van der Waals surface area contributed by atoms with Crippen molar-refractivity contribution in [1.29, 1.82) is 0 Å². The maximum absolute atomic E-state index is 5.87. The highest BCUT2D eigenvalue weighted by atomic mass is 32.2. The average Bonchev–Trinajstić information content (AvgIpc) is 3.02. The van der Waals surface area contributed by atoms with Crippen LogP contribution in [0.5, 0.6) is 0 Å². The van der Waals surface area contributed by atoms with Crippen LogP contribution >= 0.6 is 23.5 Å². The Kier molecular flexibility index (Phi) is 7.92. The number of thioether (sulfide) groups is 2. The highest BCUT2D eigenvalue weighted by Gasteiger charge is 2.25. The first-order valence-corrected chi connectivity index (χ1v) is 9.84. The lowest BCUT2D eigenvalue weighted by Gasteiger charge is -2.22. The molecule has 1 aromatic carbocycles. The molecular weight excluding hydrogens is 284 g/mol. The molecule has 0 saturated carbocycles. The second-order valence-corrected chi connectivity index (χ2v) is 8.14. The van der Waals surface area contributed by atoms with Crippen molar-refractivity contribution in [2.75, 3.05) is 18.1 Å². The number of hydrogen-bond acceptors (Lipinski definition) is 3. The molecule has 1 aliphatic rings. The van der Waals surface area contributed by atoms with E-state index in [4.69, 9.17) is 4.74 Å². The van der Waals surface area contributed by atoms with Crippen LogP contribution in [0, 0.1) is 5.92 Å². The number of benzene rings is 1. The maximum Gasteiger partial charge on any atom is 0.0716 e. The Bertz CT molecular complexity index is 349. The van der Waals surface area contributed by atoms with Crippen LogP contribution in [0.4, 0.5) is 0 Å². The second kappa shape index (κ2) is 9.75. The Hall–Kier alpha value is -0.120. The molecule has 3 heteroatoms. The van der Waals surface area contributed by atoms with Crippen molar-refractivity contribution in [1.82, 2.24) is 0 Å². The fraction of sp³-hybridized carbons (Fsp3) is 0.647. The van der Waals surface area contributed by atoms with Crippen molar-refractivity contribution < 1.29 is 4.74 Å².